The molecule has 0 bridgehead atoms. The fourth-order valence-corrected chi connectivity index (χ4v) is 2.03. The number of sulfonamides is 1. The van der Waals surface area contributed by atoms with Gasteiger partial charge in [-0.15, -0.1) is 0 Å². The van der Waals surface area contributed by atoms with Gasteiger partial charge in [0.2, 0.25) is 10.0 Å². The molecule has 0 amide bonds. The first-order valence-electron chi connectivity index (χ1n) is 4.47. The lowest BCUT2D eigenvalue weighted by atomic mass is 10.3. The molecule has 0 saturated heterocycles. The maximum Gasteiger partial charge on any atom is 0.323 e. The Kier molecular flexibility index (Phi) is 3.84. The average Bonchev–Trinajstić information content (AvgIpc) is 2.22. The summed E-state index contributed by atoms with van der Waals surface area (Å²) in [6, 6.07) is 3.65. The van der Waals surface area contributed by atoms with E-state index in [-0.39, 0.29) is 16.5 Å². The number of carboxylic acid groups (broad SMARTS) is 1. The van der Waals surface area contributed by atoms with E-state index in [0.717, 1.165) is 6.92 Å². The largest absolute Gasteiger partial charge is 0.506 e. The second-order valence-corrected chi connectivity index (χ2v) is 5.70. The van der Waals surface area contributed by atoms with Crippen LogP contribution in [0.3, 0.4) is 0 Å². The zero-order valence-electron chi connectivity index (χ0n) is 8.71. The summed E-state index contributed by atoms with van der Waals surface area (Å²) in [7, 11) is -4.03. The summed E-state index contributed by atoms with van der Waals surface area (Å²) in [5.41, 5.74) is 0.0842. The predicted molar refractivity (Wildman–Crippen MR) is 62.8 cm³/mol. The summed E-state index contributed by atoms with van der Waals surface area (Å²) in [4.78, 5) is 10.6. The normalized spacial score (nSPS) is 13.1. The molecular weight excluding hydrogens is 270 g/mol. The van der Waals surface area contributed by atoms with Crippen molar-refractivity contribution in [3.05, 3.63) is 23.2 Å². The average molecular weight is 280 g/mol. The van der Waals surface area contributed by atoms with Crippen molar-refractivity contribution < 1.29 is 23.4 Å². The third kappa shape index (κ3) is 3.24. The number of phenolic OH excluding ortho intramolecular Hbond substituents is 1. The van der Waals surface area contributed by atoms with Crippen LogP contribution in [0.25, 0.3) is 0 Å². The van der Waals surface area contributed by atoms with Gasteiger partial charge in [-0.25, -0.2) is 8.42 Å². The minimum absolute atomic E-state index is 0.0341. The quantitative estimate of drug-likeness (QED) is 0.720. The van der Waals surface area contributed by atoms with Gasteiger partial charge in [-0.05, 0) is 25.1 Å². The second-order valence-electron chi connectivity index (χ2n) is 3.29. The highest BCUT2D eigenvalue weighted by Crippen LogP contribution is 2.26. The SMILES string of the molecule is CC(C(=O)O)S(=O)(=O)Nc1ccc(O)c(Cl)c1. The highest BCUT2D eigenvalue weighted by atomic mass is 35.5. The van der Waals surface area contributed by atoms with Crippen LogP contribution in [0.1, 0.15) is 6.92 Å². The molecule has 0 aliphatic carbocycles. The van der Waals surface area contributed by atoms with Crippen LogP contribution in [-0.4, -0.2) is 29.9 Å². The molecule has 3 N–H and O–H groups in total. The third-order valence-electron chi connectivity index (χ3n) is 2.02. The number of phenols is 1. The molecule has 0 saturated carbocycles. The summed E-state index contributed by atoms with van der Waals surface area (Å²) in [5, 5.41) is 16.1. The van der Waals surface area contributed by atoms with Crippen molar-refractivity contribution in [3.8, 4) is 5.75 Å². The number of nitrogens with one attached hydrogen (secondary N) is 1. The first-order chi connectivity index (χ1) is 7.74. The number of carbonyl (C=O) groups is 1. The molecular formula is C9H10ClNO5S. The first kappa shape index (κ1) is 13.6. The Morgan fingerprint density at radius 2 is 2.06 bits per heavy atom. The van der Waals surface area contributed by atoms with Crippen LogP contribution in [0, 0.1) is 0 Å². The zero-order chi connectivity index (χ0) is 13.2. The Bertz CT molecular complexity index is 542. The standard InChI is InChI=1S/C9H10ClNO5S/c1-5(9(13)14)17(15,16)11-6-2-3-8(12)7(10)4-6/h2-5,11-12H,1H3,(H,13,14). The number of aliphatic carboxylic acids is 1. The maximum atomic E-state index is 11.5. The highest BCUT2D eigenvalue weighted by molar-refractivity contribution is 7.94. The monoisotopic (exact) mass is 279 g/mol. The lowest BCUT2D eigenvalue weighted by molar-refractivity contribution is -0.136. The fourth-order valence-electron chi connectivity index (χ4n) is 0.956. The number of rotatable bonds is 4. The molecule has 94 valence electrons. The zero-order valence-corrected chi connectivity index (χ0v) is 10.3. The Balaban J connectivity index is 2.98. The fraction of sp³-hybridized carbons (Fsp3) is 0.222. The first-order valence-corrected chi connectivity index (χ1v) is 6.39. The van der Waals surface area contributed by atoms with Gasteiger partial charge >= 0.3 is 5.97 Å². The van der Waals surface area contributed by atoms with Crippen LogP contribution in [0.2, 0.25) is 5.02 Å². The predicted octanol–water partition coefficient (Wildman–Crippen LogP) is 1.26. The molecule has 1 rings (SSSR count). The number of benzene rings is 1. The molecule has 0 heterocycles. The number of carboxylic acids is 1. The molecule has 1 atom stereocenters. The van der Waals surface area contributed by atoms with Crippen LogP contribution >= 0.6 is 11.6 Å². The van der Waals surface area contributed by atoms with Gasteiger partial charge < -0.3 is 10.2 Å². The van der Waals surface area contributed by atoms with Gasteiger partial charge in [0.1, 0.15) is 5.75 Å². The molecule has 0 aromatic heterocycles. The van der Waals surface area contributed by atoms with Crippen LogP contribution in [0.15, 0.2) is 18.2 Å². The molecule has 1 aromatic rings. The van der Waals surface area contributed by atoms with E-state index in [1.54, 1.807) is 0 Å². The van der Waals surface area contributed by atoms with Gasteiger partial charge in [-0.3, -0.25) is 9.52 Å². The van der Waals surface area contributed by atoms with Crippen molar-refractivity contribution in [2.45, 2.75) is 12.2 Å². The lowest BCUT2D eigenvalue weighted by Gasteiger charge is -2.11. The van der Waals surface area contributed by atoms with E-state index in [1.165, 1.54) is 18.2 Å². The molecule has 0 radical (unpaired) electrons. The third-order valence-corrected chi connectivity index (χ3v) is 3.98. The van der Waals surface area contributed by atoms with Crippen molar-refractivity contribution in [1.29, 1.82) is 0 Å². The summed E-state index contributed by atoms with van der Waals surface area (Å²) >= 11 is 5.58. The van der Waals surface area contributed by atoms with E-state index >= 15 is 0 Å². The number of anilines is 1. The molecule has 0 spiro atoms. The molecule has 1 unspecified atom stereocenters. The minimum atomic E-state index is -4.03. The van der Waals surface area contributed by atoms with E-state index in [4.69, 9.17) is 21.8 Å². The highest BCUT2D eigenvalue weighted by Gasteiger charge is 2.27. The number of hydrogen-bond donors (Lipinski definition) is 3. The smallest absolute Gasteiger partial charge is 0.323 e. The van der Waals surface area contributed by atoms with Gasteiger partial charge in [0, 0.05) is 0 Å². The summed E-state index contributed by atoms with van der Waals surface area (Å²) in [6.07, 6.45) is 0. The molecule has 8 heteroatoms. The van der Waals surface area contributed by atoms with Crippen LogP contribution in [-0.2, 0) is 14.8 Å². The number of aromatic hydroxyl groups is 1. The summed E-state index contributed by atoms with van der Waals surface area (Å²) in [5.74, 6) is -1.65. The van der Waals surface area contributed by atoms with Crippen molar-refractivity contribution in [2.24, 2.45) is 0 Å². The van der Waals surface area contributed by atoms with Gasteiger partial charge in [0.05, 0.1) is 10.7 Å². The molecule has 17 heavy (non-hydrogen) atoms. The van der Waals surface area contributed by atoms with Crippen molar-refractivity contribution in [1.82, 2.24) is 0 Å². The molecule has 0 fully saturated rings. The van der Waals surface area contributed by atoms with Gasteiger partial charge in [-0.2, -0.15) is 0 Å². The molecule has 1 aromatic carbocycles. The Labute approximate surface area is 103 Å². The van der Waals surface area contributed by atoms with E-state index in [9.17, 15) is 13.2 Å². The Morgan fingerprint density at radius 3 is 2.53 bits per heavy atom. The van der Waals surface area contributed by atoms with Gasteiger partial charge in [0.25, 0.3) is 0 Å². The summed E-state index contributed by atoms with van der Waals surface area (Å²) in [6.45, 7) is 1.05. The molecule has 6 nitrogen and oxygen atoms in total. The van der Waals surface area contributed by atoms with E-state index < -0.39 is 21.2 Å². The number of hydrogen-bond acceptors (Lipinski definition) is 4. The van der Waals surface area contributed by atoms with Crippen LogP contribution < -0.4 is 4.72 Å². The second kappa shape index (κ2) is 4.80. The minimum Gasteiger partial charge on any atom is -0.506 e. The van der Waals surface area contributed by atoms with E-state index in [0.29, 0.717) is 0 Å². The van der Waals surface area contributed by atoms with Crippen LogP contribution in [0.4, 0.5) is 5.69 Å². The number of halogens is 1. The topological polar surface area (TPSA) is 104 Å². The van der Waals surface area contributed by atoms with E-state index in [1.807, 2.05) is 0 Å². The Hall–Kier alpha value is -1.47. The lowest BCUT2D eigenvalue weighted by Crippen LogP contribution is -2.32. The van der Waals surface area contributed by atoms with Gasteiger partial charge in [0.15, 0.2) is 5.25 Å². The summed E-state index contributed by atoms with van der Waals surface area (Å²) < 4.78 is 25.1. The molecule has 0 aliphatic rings. The Morgan fingerprint density at radius 1 is 1.47 bits per heavy atom. The van der Waals surface area contributed by atoms with Crippen LogP contribution in [0.5, 0.6) is 5.75 Å². The van der Waals surface area contributed by atoms with Gasteiger partial charge in [-0.1, -0.05) is 11.6 Å². The van der Waals surface area contributed by atoms with Crippen molar-refractivity contribution >= 4 is 33.3 Å². The molecule has 0 aliphatic heterocycles. The van der Waals surface area contributed by atoms with Crippen molar-refractivity contribution in [2.75, 3.05) is 4.72 Å². The van der Waals surface area contributed by atoms with Crippen molar-refractivity contribution in [3.63, 3.8) is 0 Å². The van der Waals surface area contributed by atoms with E-state index in [2.05, 4.69) is 4.72 Å². The maximum absolute atomic E-state index is 11.5.